The minimum absolute atomic E-state index is 0.297. The van der Waals surface area contributed by atoms with Crippen molar-refractivity contribution in [3.8, 4) is 0 Å². The molecule has 2 N–H and O–H groups in total. The molecular weight excluding hydrogens is 308 g/mol. The van der Waals surface area contributed by atoms with Gasteiger partial charge in [0.2, 0.25) is 0 Å². The lowest BCUT2D eigenvalue weighted by Gasteiger charge is -2.23. The second kappa shape index (κ2) is 9.22. The Morgan fingerprint density at radius 1 is 1.48 bits per heavy atom. The molecule has 0 aliphatic carbocycles. The third-order valence-corrected chi connectivity index (χ3v) is 4.62. The summed E-state index contributed by atoms with van der Waals surface area (Å²) in [6.45, 7) is 11.6. The second-order valence-electron chi connectivity index (χ2n) is 5.13. The van der Waals surface area contributed by atoms with Crippen LogP contribution < -0.4 is 5.32 Å². The quantitative estimate of drug-likeness (QED) is 0.535. The molecule has 0 unspecified atom stereocenters. The predicted octanol–water partition coefficient (Wildman–Crippen LogP) is 3.52. The molecule has 0 spiro atoms. The smallest absolute Gasteiger partial charge is 0.335 e. The molecule has 0 amide bonds. The number of hydrogen-bond acceptors (Lipinski definition) is 4. The number of allylic oxidation sites excluding steroid dienone is 2. The van der Waals surface area contributed by atoms with Crippen molar-refractivity contribution in [2.45, 2.75) is 11.8 Å². The first-order chi connectivity index (χ1) is 10.9. The Bertz CT molecular complexity index is 623. The fraction of sp³-hybridized carbons (Fsp3) is 0.278. The van der Waals surface area contributed by atoms with E-state index in [1.165, 1.54) is 0 Å². The van der Waals surface area contributed by atoms with Crippen LogP contribution in [0.15, 0.2) is 59.0 Å². The van der Waals surface area contributed by atoms with Crippen molar-refractivity contribution >= 4 is 17.7 Å². The molecule has 0 aromatic heterocycles. The van der Waals surface area contributed by atoms with Crippen LogP contribution in [0.3, 0.4) is 0 Å². The molecule has 0 aliphatic rings. The van der Waals surface area contributed by atoms with Crippen molar-refractivity contribution < 1.29 is 9.90 Å². The number of aromatic carboxylic acids is 1. The highest BCUT2D eigenvalue weighted by Crippen LogP contribution is 2.34. The number of nitrogens with zero attached hydrogens (tertiary/aromatic N) is 1. The number of carboxylic acid groups (broad SMARTS) is 1. The van der Waals surface area contributed by atoms with Gasteiger partial charge >= 0.3 is 5.97 Å². The van der Waals surface area contributed by atoms with Crippen molar-refractivity contribution in [2.75, 3.05) is 27.2 Å². The molecule has 1 rings (SSSR count). The zero-order valence-corrected chi connectivity index (χ0v) is 14.7. The van der Waals surface area contributed by atoms with Gasteiger partial charge in [-0.1, -0.05) is 31.0 Å². The SMILES string of the molecule is C=C/C=C(/Sc1ccc(C(=O)O)cc1C)C(=C)N(C)CCNC. The second-order valence-corrected chi connectivity index (χ2v) is 6.21. The van der Waals surface area contributed by atoms with Crippen molar-refractivity contribution in [3.63, 3.8) is 0 Å². The number of aryl methyl sites for hydroxylation is 1. The van der Waals surface area contributed by atoms with Gasteiger partial charge in [-0.15, -0.1) is 0 Å². The van der Waals surface area contributed by atoms with Gasteiger partial charge in [0.25, 0.3) is 0 Å². The van der Waals surface area contributed by atoms with E-state index in [9.17, 15) is 4.79 Å². The van der Waals surface area contributed by atoms with E-state index >= 15 is 0 Å². The maximum Gasteiger partial charge on any atom is 0.335 e. The molecule has 0 saturated carbocycles. The van der Waals surface area contributed by atoms with Gasteiger partial charge in [-0.3, -0.25) is 0 Å². The van der Waals surface area contributed by atoms with Gasteiger partial charge in [-0.25, -0.2) is 4.79 Å². The maximum atomic E-state index is 11.0. The van der Waals surface area contributed by atoms with Gasteiger partial charge in [0.15, 0.2) is 0 Å². The number of hydrogen-bond donors (Lipinski definition) is 2. The van der Waals surface area contributed by atoms with Crippen LogP contribution in [0.2, 0.25) is 0 Å². The maximum absolute atomic E-state index is 11.0. The van der Waals surface area contributed by atoms with E-state index < -0.39 is 5.97 Å². The molecule has 0 aliphatic heterocycles. The minimum Gasteiger partial charge on any atom is -0.478 e. The summed E-state index contributed by atoms with van der Waals surface area (Å²) >= 11 is 1.57. The lowest BCUT2D eigenvalue weighted by molar-refractivity contribution is 0.0696. The molecule has 0 fully saturated rings. The van der Waals surface area contributed by atoms with Crippen LogP contribution in [0.4, 0.5) is 0 Å². The highest BCUT2D eigenvalue weighted by molar-refractivity contribution is 8.03. The fourth-order valence-electron chi connectivity index (χ4n) is 1.91. The van der Waals surface area contributed by atoms with E-state index in [1.807, 2.05) is 33.2 Å². The molecule has 1 aromatic carbocycles. The molecule has 0 saturated heterocycles. The summed E-state index contributed by atoms with van der Waals surface area (Å²) in [4.78, 5) is 15.1. The van der Waals surface area contributed by atoms with E-state index in [0.717, 1.165) is 34.2 Å². The van der Waals surface area contributed by atoms with Crippen LogP contribution in [0.25, 0.3) is 0 Å². The molecule has 23 heavy (non-hydrogen) atoms. The Morgan fingerprint density at radius 3 is 2.70 bits per heavy atom. The Hall–Kier alpha value is -1.98. The molecule has 0 radical (unpaired) electrons. The number of benzene rings is 1. The first-order valence-corrected chi connectivity index (χ1v) is 8.11. The van der Waals surface area contributed by atoms with Crippen LogP contribution in [-0.4, -0.2) is 43.2 Å². The van der Waals surface area contributed by atoms with Gasteiger partial charge in [0.1, 0.15) is 0 Å². The van der Waals surface area contributed by atoms with Gasteiger partial charge in [0, 0.05) is 35.6 Å². The predicted molar refractivity (Wildman–Crippen MR) is 98.0 cm³/mol. The van der Waals surface area contributed by atoms with E-state index in [4.69, 9.17) is 5.11 Å². The topological polar surface area (TPSA) is 52.6 Å². The lowest BCUT2D eigenvalue weighted by atomic mass is 10.1. The zero-order valence-electron chi connectivity index (χ0n) is 13.9. The number of thioether (sulfide) groups is 1. The third kappa shape index (κ3) is 5.62. The average Bonchev–Trinajstić information content (AvgIpc) is 2.52. The molecule has 5 heteroatoms. The Labute approximate surface area is 142 Å². The minimum atomic E-state index is -0.914. The fourth-order valence-corrected chi connectivity index (χ4v) is 2.94. The lowest BCUT2D eigenvalue weighted by Crippen LogP contribution is -2.26. The summed E-state index contributed by atoms with van der Waals surface area (Å²) in [5, 5.41) is 12.2. The largest absolute Gasteiger partial charge is 0.478 e. The first kappa shape index (κ1) is 19.1. The standard InChI is InChI=1S/C18H24N2O2S/c1-6-7-17(14(3)20(5)11-10-19-4)23-16-9-8-15(18(21)22)12-13(16)2/h6-9,12,19H,1,3,10-11H2,2,4-5H3,(H,21,22)/b17-7+. The van der Waals surface area contributed by atoms with Gasteiger partial charge < -0.3 is 15.3 Å². The van der Waals surface area contributed by atoms with Gasteiger partial charge in [-0.2, -0.15) is 0 Å². The highest BCUT2D eigenvalue weighted by atomic mass is 32.2. The highest BCUT2D eigenvalue weighted by Gasteiger charge is 2.12. The normalized spacial score (nSPS) is 11.2. The Kier molecular flexibility index (Phi) is 7.65. The van der Waals surface area contributed by atoms with Crippen molar-refractivity contribution in [3.05, 3.63) is 65.2 Å². The Morgan fingerprint density at radius 2 is 2.17 bits per heavy atom. The summed E-state index contributed by atoms with van der Waals surface area (Å²) < 4.78 is 0. The molecule has 0 bridgehead atoms. The molecular formula is C18H24N2O2S. The summed E-state index contributed by atoms with van der Waals surface area (Å²) in [6, 6.07) is 5.14. The molecule has 124 valence electrons. The Balaban J connectivity index is 2.97. The van der Waals surface area contributed by atoms with Crippen molar-refractivity contribution in [1.82, 2.24) is 10.2 Å². The van der Waals surface area contributed by atoms with E-state index in [0.29, 0.717) is 5.56 Å². The first-order valence-electron chi connectivity index (χ1n) is 7.30. The monoisotopic (exact) mass is 332 g/mol. The number of nitrogens with one attached hydrogen (secondary N) is 1. The molecule has 0 heterocycles. The van der Waals surface area contributed by atoms with Crippen LogP contribution >= 0.6 is 11.8 Å². The summed E-state index contributed by atoms with van der Waals surface area (Å²) in [5.41, 5.74) is 2.13. The van der Waals surface area contributed by atoms with Gasteiger partial charge in [-0.05, 0) is 43.8 Å². The van der Waals surface area contributed by atoms with Crippen LogP contribution in [-0.2, 0) is 0 Å². The number of rotatable bonds is 9. The molecule has 1 aromatic rings. The number of carboxylic acids is 1. The molecule has 4 nitrogen and oxygen atoms in total. The van der Waals surface area contributed by atoms with E-state index in [-0.39, 0.29) is 0 Å². The van der Waals surface area contributed by atoms with Gasteiger partial charge in [0.05, 0.1) is 5.56 Å². The summed E-state index contributed by atoms with van der Waals surface area (Å²) in [7, 11) is 3.91. The van der Waals surface area contributed by atoms with Crippen LogP contribution in [0, 0.1) is 6.92 Å². The molecule has 0 atom stereocenters. The summed E-state index contributed by atoms with van der Waals surface area (Å²) in [6.07, 6.45) is 3.66. The third-order valence-electron chi connectivity index (χ3n) is 3.35. The van der Waals surface area contributed by atoms with Crippen LogP contribution in [0.1, 0.15) is 15.9 Å². The zero-order chi connectivity index (χ0) is 17.4. The number of likely N-dealkylation sites (N-methyl/N-ethyl adjacent to an activating group) is 2. The summed E-state index contributed by atoms with van der Waals surface area (Å²) in [5.74, 6) is -0.914. The number of carbonyl (C=O) groups is 1. The van der Waals surface area contributed by atoms with E-state index in [1.54, 1.807) is 30.0 Å². The van der Waals surface area contributed by atoms with Crippen molar-refractivity contribution in [2.24, 2.45) is 0 Å². The van der Waals surface area contributed by atoms with E-state index in [2.05, 4.69) is 23.4 Å². The van der Waals surface area contributed by atoms with Crippen molar-refractivity contribution in [1.29, 1.82) is 0 Å². The average molecular weight is 332 g/mol. The van der Waals surface area contributed by atoms with Crippen LogP contribution in [0.5, 0.6) is 0 Å².